The number of benzene rings is 1. The van der Waals surface area contributed by atoms with Crippen LogP contribution in [0.2, 0.25) is 0 Å². The lowest BCUT2D eigenvalue weighted by molar-refractivity contribution is -0.915. The lowest BCUT2D eigenvalue weighted by Crippen LogP contribution is -3.16. The van der Waals surface area contributed by atoms with E-state index in [1.807, 2.05) is 37.3 Å². The van der Waals surface area contributed by atoms with Crippen LogP contribution in [0.5, 0.6) is 11.5 Å². The molecular formula is C18H28NO3+. The van der Waals surface area contributed by atoms with E-state index >= 15 is 0 Å². The smallest absolute Gasteiger partial charge is 0.161 e. The number of hydrogen-bond donors (Lipinski definition) is 1. The number of quaternary nitrogens is 1. The van der Waals surface area contributed by atoms with Crippen LogP contribution in [-0.2, 0) is 4.74 Å². The van der Waals surface area contributed by atoms with Crippen molar-refractivity contribution >= 4 is 6.08 Å². The van der Waals surface area contributed by atoms with E-state index in [2.05, 4.69) is 13.8 Å². The van der Waals surface area contributed by atoms with Crippen LogP contribution in [0.3, 0.4) is 0 Å². The zero-order valence-corrected chi connectivity index (χ0v) is 14.1. The third kappa shape index (κ3) is 4.75. The van der Waals surface area contributed by atoms with Gasteiger partial charge in [-0.25, -0.2) is 0 Å². The maximum atomic E-state index is 5.92. The zero-order chi connectivity index (χ0) is 15.9. The second kappa shape index (κ2) is 8.20. The summed E-state index contributed by atoms with van der Waals surface area (Å²) < 4.78 is 17.1. The first-order chi connectivity index (χ1) is 10.6. The van der Waals surface area contributed by atoms with Gasteiger partial charge in [-0.05, 0) is 38.5 Å². The van der Waals surface area contributed by atoms with Gasteiger partial charge in [0.15, 0.2) is 11.5 Å². The molecule has 0 unspecified atom stereocenters. The van der Waals surface area contributed by atoms with E-state index in [0.29, 0.717) is 18.8 Å². The fourth-order valence-corrected chi connectivity index (χ4v) is 3.00. The summed E-state index contributed by atoms with van der Waals surface area (Å²) in [4.78, 5) is 1.54. The molecule has 2 atom stereocenters. The van der Waals surface area contributed by atoms with Gasteiger partial charge >= 0.3 is 0 Å². The van der Waals surface area contributed by atoms with Crippen LogP contribution in [0.1, 0.15) is 26.3 Å². The third-order valence-corrected chi connectivity index (χ3v) is 3.88. The summed E-state index contributed by atoms with van der Waals surface area (Å²) in [6.07, 6.45) is 4.72. The van der Waals surface area contributed by atoms with Crippen LogP contribution < -0.4 is 14.4 Å². The van der Waals surface area contributed by atoms with Crippen molar-refractivity contribution in [3.05, 3.63) is 29.8 Å². The molecule has 122 valence electrons. The number of allylic oxidation sites excluding steroid dienone is 1. The summed E-state index contributed by atoms with van der Waals surface area (Å²) in [5.74, 6) is 1.60. The van der Waals surface area contributed by atoms with Crippen molar-refractivity contribution < 1.29 is 19.1 Å². The molecule has 4 heteroatoms. The Kier molecular flexibility index (Phi) is 6.28. The van der Waals surface area contributed by atoms with E-state index in [1.165, 1.54) is 4.90 Å². The second-order valence-corrected chi connectivity index (χ2v) is 5.92. The van der Waals surface area contributed by atoms with Gasteiger partial charge in [-0.3, -0.25) is 0 Å². The number of ether oxygens (including phenoxy) is 3. The van der Waals surface area contributed by atoms with Crippen LogP contribution >= 0.6 is 0 Å². The molecule has 0 radical (unpaired) electrons. The topological polar surface area (TPSA) is 32.1 Å². The van der Waals surface area contributed by atoms with Gasteiger partial charge in [0.25, 0.3) is 0 Å². The predicted molar refractivity (Wildman–Crippen MR) is 88.8 cm³/mol. The Bertz CT molecular complexity index is 491. The molecule has 1 saturated heterocycles. The first kappa shape index (κ1) is 16.8. The normalized spacial score (nSPS) is 25.4. The number of methoxy groups -OCH3 is 1. The van der Waals surface area contributed by atoms with Crippen LogP contribution in [0.25, 0.3) is 6.08 Å². The Morgan fingerprint density at radius 1 is 1.23 bits per heavy atom. The summed E-state index contributed by atoms with van der Waals surface area (Å²) in [5, 5.41) is 0. The molecule has 1 aliphatic heterocycles. The maximum absolute atomic E-state index is 5.92. The second-order valence-electron chi connectivity index (χ2n) is 5.92. The highest BCUT2D eigenvalue weighted by atomic mass is 16.5. The van der Waals surface area contributed by atoms with Crippen LogP contribution in [0, 0.1) is 0 Å². The molecule has 1 aliphatic rings. The fraction of sp³-hybridized carbons (Fsp3) is 0.556. The summed E-state index contributed by atoms with van der Waals surface area (Å²) in [6, 6.07) is 6.03. The molecule has 0 saturated carbocycles. The lowest BCUT2D eigenvalue weighted by Gasteiger charge is -2.32. The van der Waals surface area contributed by atoms with Gasteiger partial charge in [-0.2, -0.15) is 0 Å². The summed E-state index contributed by atoms with van der Waals surface area (Å²) in [7, 11) is 1.68. The first-order valence-corrected chi connectivity index (χ1v) is 8.05. The molecule has 22 heavy (non-hydrogen) atoms. The van der Waals surface area contributed by atoms with E-state index in [1.54, 1.807) is 7.11 Å². The highest BCUT2D eigenvalue weighted by Gasteiger charge is 2.25. The van der Waals surface area contributed by atoms with Gasteiger partial charge < -0.3 is 19.1 Å². The zero-order valence-electron chi connectivity index (χ0n) is 14.1. The number of rotatable bonds is 6. The average molecular weight is 306 g/mol. The molecule has 0 amide bonds. The molecular weight excluding hydrogens is 278 g/mol. The monoisotopic (exact) mass is 306 g/mol. The van der Waals surface area contributed by atoms with Crippen molar-refractivity contribution in [1.29, 1.82) is 0 Å². The van der Waals surface area contributed by atoms with Gasteiger partial charge in [-0.1, -0.05) is 18.2 Å². The van der Waals surface area contributed by atoms with E-state index < -0.39 is 0 Å². The van der Waals surface area contributed by atoms with Crippen molar-refractivity contribution in [3.63, 3.8) is 0 Å². The Morgan fingerprint density at radius 3 is 2.59 bits per heavy atom. The predicted octanol–water partition coefficient (Wildman–Crippen LogP) is 1.80. The van der Waals surface area contributed by atoms with Crippen LogP contribution in [0.15, 0.2) is 24.3 Å². The van der Waals surface area contributed by atoms with Gasteiger partial charge in [-0.15, -0.1) is 0 Å². The van der Waals surface area contributed by atoms with Gasteiger partial charge in [0.05, 0.1) is 7.11 Å². The minimum Gasteiger partial charge on any atom is -0.493 e. The van der Waals surface area contributed by atoms with Gasteiger partial charge in [0, 0.05) is 0 Å². The van der Waals surface area contributed by atoms with Crippen molar-refractivity contribution in [3.8, 4) is 11.5 Å². The Hall–Kier alpha value is -1.52. The van der Waals surface area contributed by atoms with Crippen LogP contribution in [-0.4, -0.2) is 45.6 Å². The highest BCUT2D eigenvalue weighted by Crippen LogP contribution is 2.28. The minimum absolute atomic E-state index is 0.327. The molecule has 1 aromatic carbocycles. The lowest BCUT2D eigenvalue weighted by atomic mass is 10.2. The standard InChI is InChI=1S/C18H27NO3/c1-5-6-16-7-8-17(18(11-16)20-4)21-10-9-19-12-14(2)22-15(3)13-19/h5-8,11,14-15H,9-10,12-13H2,1-4H3/p+1/b6-5+/t14-,15-/m1/s1. The molecule has 1 fully saturated rings. The molecule has 1 N–H and O–H groups in total. The average Bonchev–Trinajstić information content (AvgIpc) is 2.48. The molecule has 0 spiro atoms. The quantitative estimate of drug-likeness (QED) is 0.870. The highest BCUT2D eigenvalue weighted by molar-refractivity contribution is 5.55. The van der Waals surface area contributed by atoms with Crippen molar-refractivity contribution in [2.75, 3.05) is 33.4 Å². The Labute approximate surface area is 133 Å². The summed E-state index contributed by atoms with van der Waals surface area (Å²) in [6.45, 7) is 10.0. The van der Waals surface area contributed by atoms with E-state index in [0.717, 1.165) is 36.7 Å². The molecule has 0 bridgehead atoms. The van der Waals surface area contributed by atoms with Crippen molar-refractivity contribution in [1.82, 2.24) is 0 Å². The van der Waals surface area contributed by atoms with E-state index in [-0.39, 0.29) is 0 Å². The van der Waals surface area contributed by atoms with Gasteiger partial charge in [0.2, 0.25) is 0 Å². The summed E-state index contributed by atoms with van der Waals surface area (Å²) >= 11 is 0. The summed E-state index contributed by atoms with van der Waals surface area (Å²) in [5.41, 5.74) is 1.12. The first-order valence-electron chi connectivity index (χ1n) is 8.05. The maximum Gasteiger partial charge on any atom is 0.161 e. The number of hydrogen-bond acceptors (Lipinski definition) is 3. The van der Waals surface area contributed by atoms with Crippen LogP contribution in [0.4, 0.5) is 0 Å². The molecule has 1 aromatic rings. The van der Waals surface area contributed by atoms with E-state index in [9.17, 15) is 0 Å². The SMILES string of the molecule is C/C=C/c1ccc(OCC[NH+]2C[C@@H](C)O[C@H](C)C2)c(OC)c1. The molecule has 0 aromatic heterocycles. The molecule has 0 aliphatic carbocycles. The molecule has 1 heterocycles. The molecule has 2 rings (SSSR count). The number of morpholine rings is 1. The Morgan fingerprint density at radius 2 is 1.95 bits per heavy atom. The fourth-order valence-electron chi connectivity index (χ4n) is 3.00. The van der Waals surface area contributed by atoms with Gasteiger partial charge in [0.1, 0.15) is 38.4 Å². The van der Waals surface area contributed by atoms with Crippen molar-refractivity contribution in [2.45, 2.75) is 33.0 Å². The largest absolute Gasteiger partial charge is 0.493 e. The Balaban J connectivity index is 1.88. The minimum atomic E-state index is 0.327. The van der Waals surface area contributed by atoms with Crippen molar-refractivity contribution in [2.24, 2.45) is 0 Å². The third-order valence-electron chi connectivity index (χ3n) is 3.88. The van der Waals surface area contributed by atoms with E-state index in [4.69, 9.17) is 14.2 Å². The number of nitrogens with one attached hydrogen (secondary N) is 1. The molecule has 4 nitrogen and oxygen atoms in total.